The second-order valence-corrected chi connectivity index (χ2v) is 11.0. The van der Waals surface area contributed by atoms with Crippen molar-refractivity contribution < 1.29 is 4.39 Å². The van der Waals surface area contributed by atoms with Gasteiger partial charge in [-0.25, -0.2) is 9.37 Å². The maximum absolute atomic E-state index is 14.2. The van der Waals surface area contributed by atoms with Crippen molar-refractivity contribution in [2.24, 2.45) is 5.92 Å². The van der Waals surface area contributed by atoms with Crippen molar-refractivity contribution in [3.63, 3.8) is 0 Å². The third kappa shape index (κ3) is 4.77. The molecule has 0 unspecified atom stereocenters. The van der Waals surface area contributed by atoms with Crippen LogP contribution in [-0.4, -0.2) is 31.7 Å². The molecule has 6 nitrogen and oxygen atoms in total. The van der Waals surface area contributed by atoms with Crippen LogP contribution in [0.5, 0.6) is 0 Å². The fourth-order valence-corrected chi connectivity index (χ4v) is 6.07. The summed E-state index contributed by atoms with van der Waals surface area (Å²) in [6, 6.07) is 17.6. The smallest absolute Gasteiger partial charge is 0.155 e. The average Bonchev–Trinajstić information content (AvgIpc) is 3.71. The van der Waals surface area contributed by atoms with Crippen molar-refractivity contribution in [2.45, 2.75) is 39.2 Å². The van der Waals surface area contributed by atoms with Gasteiger partial charge in [0.2, 0.25) is 0 Å². The summed E-state index contributed by atoms with van der Waals surface area (Å²) < 4.78 is 14.2. The molecule has 40 heavy (non-hydrogen) atoms. The summed E-state index contributed by atoms with van der Waals surface area (Å²) in [6.45, 7) is 3.79. The number of halogens is 1. The number of H-pyrrole nitrogens is 2. The van der Waals surface area contributed by atoms with Gasteiger partial charge in [-0.3, -0.25) is 10.1 Å². The van der Waals surface area contributed by atoms with Crippen molar-refractivity contribution >= 4 is 21.9 Å². The molecule has 0 bridgehead atoms. The molecule has 0 radical (unpaired) electrons. The van der Waals surface area contributed by atoms with Gasteiger partial charge in [0.15, 0.2) is 5.65 Å². The van der Waals surface area contributed by atoms with Crippen LogP contribution >= 0.6 is 0 Å². The first-order chi connectivity index (χ1) is 19.6. The molecule has 4 aromatic heterocycles. The predicted molar refractivity (Wildman–Crippen MR) is 158 cm³/mol. The topological polar surface area (TPSA) is 82.3 Å². The Balaban J connectivity index is 1.21. The minimum Gasteiger partial charge on any atom is -0.353 e. The number of nitrogens with zero attached hydrogens (tertiary/aromatic N) is 3. The molecule has 7 heteroatoms. The minimum atomic E-state index is -0.234. The summed E-state index contributed by atoms with van der Waals surface area (Å²) in [4.78, 5) is 12.7. The van der Waals surface area contributed by atoms with E-state index in [-0.39, 0.29) is 5.82 Å². The summed E-state index contributed by atoms with van der Waals surface area (Å²) in [5.41, 5.74) is 9.28. The van der Waals surface area contributed by atoms with Crippen LogP contribution in [0.25, 0.3) is 55.6 Å². The van der Waals surface area contributed by atoms with Gasteiger partial charge < -0.3 is 10.3 Å². The molecular formula is C33H31FN6. The normalized spacial score (nSPS) is 14.1. The van der Waals surface area contributed by atoms with E-state index in [1.165, 1.54) is 31.2 Å². The average molecular weight is 531 g/mol. The number of hydrogen-bond donors (Lipinski definition) is 3. The SMILES string of the molecule is Cc1cc(F)cc(-c2cccc3[nH]c(-c4n[nH]c5ncc(-c6cncc(CNCC7CCCC7)c6)cc45)cc23)c1. The van der Waals surface area contributed by atoms with Gasteiger partial charge in [-0.15, -0.1) is 0 Å². The van der Waals surface area contributed by atoms with E-state index in [9.17, 15) is 4.39 Å². The van der Waals surface area contributed by atoms with Gasteiger partial charge in [0.05, 0.1) is 5.69 Å². The molecule has 2 aromatic carbocycles. The van der Waals surface area contributed by atoms with Gasteiger partial charge in [0, 0.05) is 52.6 Å². The highest BCUT2D eigenvalue weighted by Crippen LogP contribution is 2.35. The van der Waals surface area contributed by atoms with Crippen LogP contribution in [0, 0.1) is 18.7 Å². The summed E-state index contributed by atoms with van der Waals surface area (Å²) >= 11 is 0. The minimum absolute atomic E-state index is 0.234. The molecule has 200 valence electrons. The van der Waals surface area contributed by atoms with Crippen molar-refractivity contribution in [1.29, 1.82) is 0 Å². The number of nitrogens with one attached hydrogen (secondary N) is 3. The third-order valence-electron chi connectivity index (χ3n) is 8.05. The first kappa shape index (κ1) is 24.7. The molecule has 0 saturated heterocycles. The van der Waals surface area contributed by atoms with Crippen LogP contribution in [0.4, 0.5) is 4.39 Å². The number of fused-ring (bicyclic) bond motifs is 2. The van der Waals surface area contributed by atoms with E-state index < -0.39 is 0 Å². The van der Waals surface area contributed by atoms with E-state index in [4.69, 9.17) is 0 Å². The Kier molecular flexibility index (Phi) is 6.36. The molecule has 0 spiro atoms. The van der Waals surface area contributed by atoms with Crippen LogP contribution in [-0.2, 0) is 6.54 Å². The van der Waals surface area contributed by atoms with Crippen molar-refractivity contribution in [2.75, 3.05) is 6.54 Å². The van der Waals surface area contributed by atoms with Gasteiger partial charge in [0.25, 0.3) is 0 Å². The molecule has 3 N–H and O–H groups in total. The van der Waals surface area contributed by atoms with Crippen molar-refractivity contribution in [3.05, 3.63) is 90.1 Å². The largest absolute Gasteiger partial charge is 0.353 e. The molecule has 4 heterocycles. The molecule has 1 aliphatic rings. The number of aromatic nitrogens is 5. The van der Waals surface area contributed by atoms with E-state index in [2.05, 4.69) is 48.7 Å². The Morgan fingerprint density at radius 3 is 2.67 bits per heavy atom. The first-order valence-corrected chi connectivity index (χ1v) is 14.0. The summed E-state index contributed by atoms with van der Waals surface area (Å²) in [6.07, 6.45) is 11.1. The Bertz CT molecular complexity index is 1810. The van der Waals surface area contributed by atoms with E-state index in [1.807, 2.05) is 49.8 Å². The lowest BCUT2D eigenvalue weighted by atomic mass is 9.99. The highest BCUT2D eigenvalue weighted by Gasteiger charge is 2.16. The summed E-state index contributed by atoms with van der Waals surface area (Å²) in [5, 5.41) is 13.3. The second-order valence-electron chi connectivity index (χ2n) is 11.0. The van der Waals surface area contributed by atoms with E-state index >= 15 is 0 Å². The monoisotopic (exact) mass is 530 g/mol. The lowest BCUT2D eigenvalue weighted by Crippen LogP contribution is -2.20. The van der Waals surface area contributed by atoms with E-state index in [1.54, 1.807) is 12.1 Å². The fourth-order valence-electron chi connectivity index (χ4n) is 6.07. The Morgan fingerprint density at radius 1 is 0.925 bits per heavy atom. The number of aromatic amines is 2. The van der Waals surface area contributed by atoms with E-state index in [0.29, 0.717) is 0 Å². The molecule has 1 aliphatic carbocycles. The molecule has 0 atom stereocenters. The van der Waals surface area contributed by atoms with Crippen LogP contribution in [0.15, 0.2) is 73.2 Å². The number of benzene rings is 2. The van der Waals surface area contributed by atoms with Crippen LogP contribution in [0.2, 0.25) is 0 Å². The maximum Gasteiger partial charge on any atom is 0.155 e. The standard InChI is InChI=1S/C33H31FN6/c1-20-9-23(12-26(34)10-20)27-7-4-8-30-28(27)14-31(38-30)32-29-13-25(19-37-33(29)40-39-32)24-11-22(17-36-18-24)16-35-15-21-5-2-3-6-21/h4,7-14,17-19,21,35,38H,2-3,5-6,15-16H2,1H3,(H,37,39,40). The summed E-state index contributed by atoms with van der Waals surface area (Å²) in [5.74, 6) is 0.573. The van der Waals surface area contributed by atoms with Crippen LogP contribution in [0.1, 0.15) is 36.8 Å². The molecule has 0 aliphatic heterocycles. The molecule has 7 rings (SSSR count). The second kappa shape index (κ2) is 10.3. The number of hydrogen-bond acceptors (Lipinski definition) is 4. The van der Waals surface area contributed by atoms with Crippen molar-refractivity contribution in [1.82, 2.24) is 30.5 Å². The molecular weight excluding hydrogens is 499 g/mol. The van der Waals surface area contributed by atoms with E-state index in [0.717, 1.165) is 80.1 Å². The van der Waals surface area contributed by atoms with Crippen molar-refractivity contribution in [3.8, 4) is 33.6 Å². The Hall–Kier alpha value is -4.36. The zero-order valence-electron chi connectivity index (χ0n) is 22.5. The lowest BCUT2D eigenvalue weighted by Gasteiger charge is -2.11. The van der Waals surface area contributed by atoms with Crippen LogP contribution < -0.4 is 5.32 Å². The Labute approximate surface area is 232 Å². The molecule has 0 amide bonds. The number of aryl methyl sites for hydroxylation is 1. The van der Waals surface area contributed by atoms with Gasteiger partial charge >= 0.3 is 0 Å². The third-order valence-corrected chi connectivity index (χ3v) is 8.05. The highest BCUT2D eigenvalue weighted by molar-refractivity contribution is 6.01. The fraction of sp³-hybridized carbons (Fsp3) is 0.242. The quantitative estimate of drug-likeness (QED) is 0.199. The molecule has 6 aromatic rings. The van der Waals surface area contributed by atoms with Gasteiger partial charge in [-0.05, 0) is 90.9 Å². The van der Waals surface area contributed by atoms with Gasteiger partial charge in [-0.1, -0.05) is 31.0 Å². The number of rotatable bonds is 7. The van der Waals surface area contributed by atoms with Gasteiger partial charge in [0.1, 0.15) is 11.5 Å². The zero-order valence-corrected chi connectivity index (χ0v) is 22.5. The highest BCUT2D eigenvalue weighted by atomic mass is 19.1. The summed E-state index contributed by atoms with van der Waals surface area (Å²) in [7, 11) is 0. The Morgan fingerprint density at radius 2 is 1.80 bits per heavy atom. The molecule has 1 saturated carbocycles. The maximum atomic E-state index is 14.2. The molecule has 1 fully saturated rings. The predicted octanol–water partition coefficient (Wildman–Crippen LogP) is 7.56. The van der Waals surface area contributed by atoms with Gasteiger partial charge in [-0.2, -0.15) is 5.10 Å². The zero-order chi connectivity index (χ0) is 27.1. The first-order valence-electron chi connectivity index (χ1n) is 14.0. The van der Waals surface area contributed by atoms with Crippen LogP contribution in [0.3, 0.4) is 0 Å². The lowest BCUT2D eigenvalue weighted by molar-refractivity contribution is 0.489. The number of pyridine rings is 2.